The average Bonchev–Trinajstić information content (AvgIpc) is 1.99. The quantitative estimate of drug-likeness (QED) is 0.575. The minimum atomic E-state index is 0.130. The molecule has 0 bridgehead atoms. The summed E-state index contributed by atoms with van der Waals surface area (Å²) < 4.78 is 0. The highest BCUT2D eigenvalue weighted by atomic mass is 16.1. The summed E-state index contributed by atoms with van der Waals surface area (Å²) in [5, 5.41) is 0. The van der Waals surface area contributed by atoms with Gasteiger partial charge in [-0.25, -0.2) is 0 Å². The summed E-state index contributed by atoms with van der Waals surface area (Å²) in [6.45, 7) is 6.24. The molecule has 1 nitrogen and oxygen atoms in total. The van der Waals surface area contributed by atoms with Crippen molar-refractivity contribution in [1.82, 2.24) is 0 Å². The molecule has 0 rings (SSSR count). The topological polar surface area (TPSA) is 17.1 Å². The van der Waals surface area contributed by atoms with E-state index in [1.807, 2.05) is 6.92 Å². The van der Waals surface area contributed by atoms with Crippen LogP contribution < -0.4 is 0 Å². The first kappa shape index (κ1) is 9.67. The van der Waals surface area contributed by atoms with E-state index in [1.54, 1.807) is 0 Å². The molecule has 0 spiro atoms. The van der Waals surface area contributed by atoms with E-state index in [0.29, 0.717) is 5.92 Å². The summed E-state index contributed by atoms with van der Waals surface area (Å²) in [4.78, 5) is 10.3. The maximum absolute atomic E-state index is 10.3. The summed E-state index contributed by atoms with van der Waals surface area (Å²) in [6.07, 6.45) is 5.48. The lowest BCUT2D eigenvalue weighted by Crippen LogP contribution is -2.11. The van der Waals surface area contributed by atoms with Gasteiger partial charge in [0.05, 0.1) is 0 Å². The lowest BCUT2D eigenvalue weighted by Gasteiger charge is -2.15. The zero-order valence-corrected chi connectivity index (χ0v) is 7.18. The SMILES string of the molecule is CCCC(CC)C(C)[C]=O. The monoisotopic (exact) mass is 141 g/mol. The molecule has 0 fully saturated rings. The Balaban J connectivity index is 3.67. The molecule has 0 amide bonds. The van der Waals surface area contributed by atoms with Gasteiger partial charge in [0.15, 0.2) is 0 Å². The first-order valence-corrected chi connectivity index (χ1v) is 4.13. The third kappa shape index (κ3) is 3.00. The van der Waals surface area contributed by atoms with Crippen LogP contribution in [0.1, 0.15) is 40.0 Å². The van der Waals surface area contributed by atoms with Crippen LogP contribution in [0.25, 0.3) is 0 Å². The second-order valence-corrected chi connectivity index (χ2v) is 2.86. The molecular formula is C9H17O. The van der Waals surface area contributed by atoms with Crippen LogP contribution in [0.4, 0.5) is 0 Å². The molecule has 0 N–H and O–H groups in total. The second-order valence-electron chi connectivity index (χ2n) is 2.86. The zero-order chi connectivity index (χ0) is 7.98. The van der Waals surface area contributed by atoms with Crippen molar-refractivity contribution >= 4 is 6.29 Å². The molecule has 0 aromatic carbocycles. The Bertz CT molecular complexity index is 88.7. The molecular weight excluding hydrogens is 124 g/mol. The van der Waals surface area contributed by atoms with Crippen LogP contribution in [0.3, 0.4) is 0 Å². The van der Waals surface area contributed by atoms with E-state index in [1.165, 1.54) is 6.42 Å². The molecule has 1 radical (unpaired) electrons. The van der Waals surface area contributed by atoms with Crippen LogP contribution in [0.15, 0.2) is 0 Å². The maximum atomic E-state index is 10.3. The zero-order valence-electron chi connectivity index (χ0n) is 7.18. The number of carbonyl (C=O) groups excluding carboxylic acids is 1. The normalized spacial score (nSPS) is 16.3. The number of hydrogen-bond acceptors (Lipinski definition) is 1. The van der Waals surface area contributed by atoms with E-state index in [0.717, 1.165) is 12.8 Å². The molecule has 0 aromatic rings. The molecule has 0 aromatic heterocycles. The molecule has 2 atom stereocenters. The molecule has 0 aliphatic rings. The highest BCUT2D eigenvalue weighted by Gasteiger charge is 2.13. The van der Waals surface area contributed by atoms with Crippen molar-refractivity contribution in [3.8, 4) is 0 Å². The van der Waals surface area contributed by atoms with Gasteiger partial charge < -0.3 is 0 Å². The van der Waals surface area contributed by atoms with Gasteiger partial charge >= 0.3 is 0 Å². The minimum Gasteiger partial charge on any atom is -0.291 e. The molecule has 0 saturated carbocycles. The smallest absolute Gasteiger partial charge is 0.201 e. The maximum Gasteiger partial charge on any atom is 0.201 e. The number of rotatable bonds is 5. The summed E-state index contributed by atoms with van der Waals surface area (Å²) in [5.74, 6) is 0.687. The van der Waals surface area contributed by atoms with Gasteiger partial charge in [-0.05, 0) is 5.92 Å². The van der Waals surface area contributed by atoms with Gasteiger partial charge in [0.25, 0.3) is 0 Å². The minimum absolute atomic E-state index is 0.130. The van der Waals surface area contributed by atoms with E-state index in [9.17, 15) is 4.79 Å². The largest absolute Gasteiger partial charge is 0.291 e. The van der Waals surface area contributed by atoms with Crippen LogP contribution in [-0.4, -0.2) is 6.29 Å². The third-order valence-corrected chi connectivity index (χ3v) is 2.08. The molecule has 1 heteroatoms. The van der Waals surface area contributed by atoms with Crippen LogP contribution in [0.2, 0.25) is 0 Å². The Morgan fingerprint density at radius 2 is 2.00 bits per heavy atom. The van der Waals surface area contributed by atoms with Gasteiger partial charge in [-0.3, -0.25) is 4.79 Å². The van der Waals surface area contributed by atoms with Crippen molar-refractivity contribution in [1.29, 1.82) is 0 Å². The van der Waals surface area contributed by atoms with Crippen LogP contribution in [-0.2, 0) is 4.79 Å². The van der Waals surface area contributed by atoms with E-state index in [-0.39, 0.29) is 5.92 Å². The average molecular weight is 141 g/mol. The Morgan fingerprint density at radius 3 is 2.30 bits per heavy atom. The van der Waals surface area contributed by atoms with Gasteiger partial charge in [-0.15, -0.1) is 0 Å². The summed E-state index contributed by atoms with van der Waals surface area (Å²) in [6, 6.07) is 0. The lowest BCUT2D eigenvalue weighted by atomic mass is 9.89. The molecule has 0 heterocycles. The van der Waals surface area contributed by atoms with E-state index >= 15 is 0 Å². The fourth-order valence-corrected chi connectivity index (χ4v) is 1.27. The fourth-order valence-electron chi connectivity index (χ4n) is 1.27. The first-order valence-electron chi connectivity index (χ1n) is 4.13. The highest BCUT2D eigenvalue weighted by molar-refractivity contribution is 5.54. The van der Waals surface area contributed by atoms with Crippen molar-refractivity contribution in [2.75, 3.05) is 0 Å². The summed E-state index contributed by atoms with van der Waals surface area (Å²) >= 11 is 0. The predicted molar refractivity (Wildman–Crippen MR) is 43.5 cm³/mol. The van der Waals surface area contributed by atoms with Gasteiger partial charge in [-0.1, -0.05) is 40.0 Å². The van der Waals surface area contributed by atoms with E-state index in [2.05, 4.69) is 20.1 Å². The molecule has 0 aliphatic heterocycles. The van der Waals surface area contributed by atoms with E-state index in [4.69, 9.17) is 0 Å². The van der Waals surface area contributed by atoms with Crippen molar-refractivity contribution in [2.45, 2.75) is 40.0 Å². The molecule has 0 aliphatic carbocycles. The van der Waals surface area contributed by atoms with Crippen molar-refractivity contribution in [2.24, 2.45) is 11.8 Å². The summed E-state index contributed by atoms with van der Waals surface area (Å²) in [7, 11) is 0. The second kappa shape index (κ2) is 5.45. The molecule has 59 valence electrons. The Labute approximate surface area is 63.8 Å². The standard InChI is InChI=1S/C9H17O/c1-4-6-9(5-2)8(3)7-10/h8-9H,4-6H2,1-3H3. The molecule has 2 unspecified atom stereocenters. The fraction of sp³-hybridized carbons (Fsp3) is 0.889. The Morgan fingerprint density at radius 1 is 1.40 bits per heavy atom. The van der Waals surface area contributed by atoms with Crippen LogP contribution in [0.5, 0.6) is 0 Å². The van der Waals surface area contributed by atoms with Crippen LogP contribution in [0, 0.1) is 11.8 Å². The Hall–Kier alpha value is -0.330. The number of hydrogen-bond donors (Lipinski definition) is 0. The van der Waals surface area contributed by atoms with E-state index < -0.39 is 0 Å². The van der Waals surface area contributed by atoms with Crippen molar-refractivity contribution < 1.29 is 4.79 Å². The van der Waals surface area contributed by atoms with Crippen LogP contribution >= 0.6 is 0 Å². The van der Waals surface area contributed by atoms with Gasteiger partial charge in [0, 0.05) is 5.92 Å². The summed E-state index contributed by atoms with van der Waals surface area (Å²) in [5.41, 5.74) is 0. The Kier molecular flexibility index (Phi) is 5.27. The van der Waals surface area contributed by atoms with Gasteiger partial charge in [-0.2, -0.15) is 0 Å². The van der Waals surface area contributed by atoms with Gasteiger partial charge in [0.1, 0.15) is 0 Å². The third-order valence-electron chi connectivity index (χ3n) is 2.08. The first-order chi connectivity index (χ1) is 4.76. The lowest BCUT2D eigenvalue weighted by molar-refractivity contribution is 0.377. The predicted octanol–water partition coefficient (Wildman–Crippen LogP) is 2.56. The molecule has 0 saturated heterocycles. The van der Waals surface area contributed by atoms with Gasteiger partial charge in [0.2, 0.25) is 6.29 Å². The molecule has 10 heavy (non-hydrogen) atoms. The van der Waals surface area contributed by atoms with Crippen molar-refractivity contribution in [3.05, 3.63) is 0 Å². The van der Waals surface area contributed by atoms with Crippen molar-refractivity contribution in [3.63, 3.8) is 0 Å². The highest BCUT2D eigenvalue weighted by Crippen LogP contribution is 2.18.